The fourth-order valence-electron chi connectivity index (χ4n) is 2.69. The Morgan fingerprint density at radius 1 is 1.37 bits per heavy atom. The second kappa shape index (κ2) is 6.50. The normalized spacial score (nSPS) is 31.7. The minimum atomic E-state index is 0.407. The Morgan fingerprint density at radius 2 is 2.26 bits per heavy atom. The number of hydrogen-bond donors (Lipinski definition) is 1. The van der Waals surface area contributed by atoms with Gasteiger partial charge in [-0.05, 0) is 31.8 Å². The average Bonchev–Trinajstić information content (AvgIpc) is 3.08. The van der Waals surface area contributed by atoms with Crippen LogP contribution in [-0.4, -0.2) is 40.0 Å². The van der Waals surface area contributed by atoms with Gasteiger partial charge in [0.15, 0.2) is 5.82 Å². The number of hydrogen-bond acceptors (Lipinski definition) is 6. The zero-order valence-corrected chi connectivity index (χ0v) is 12.9. The molecule has 2 saturated heterocycles. The summed E-state index contributed by atoms with van der Waals surface area (Å²) in [5.74, 6) is 4.95. The summed E-state index contributed by atoms with van der Waals surface area (Å²) >= 11 is 3.98. The number of thioether (sulfide) groups is 2. The van der Waals surface area contributed by atoms with Gasteiger partial charge in [0.25, 0.3) is 0 Å². The van der Waals surface area contributed by atoms with Gasteiger partial charge in [-0.15, -0.1) is 11.8 Å². The highest BCUT2D eigenvalue weighted by Gasteiger charge is 2.28. The van der Waals surface area contributed by atoms with Crippen molar-refractivity contribution >= 4 is 23.5 Å². The maximum atomic E-state index is 5.42. The highest BCUT2D eigenvalue weighted by Crippen LogP contribution is 2.41. The molecule has 3 rings (SSSR count). The molecule has 0 spiro atoms. The Bertz CT molecular complexity index is 406. The van der Waals surface area contributed by atoms with Crippen LogP contribution in [0.25, 0.3) is 0 Å². The lowest BCUT2D eigenvalue weighted by molar-refractivity contribution is 0.360. The first kappa shape index (κ1) is 13.8. The van der Waals surface area contributed by atoms with E-state index in [2.05, 4.69) is 22.4 Å². The molecule has 1 aromatic heterocycles. The molecule has 0 radical (unpaired) electrons. The molecule has 0 saturated carbocycles. The number of nitrogens with one attached hydrogen (secondary N) is 1. The largest absolute Gasteiger partial charge is 0.339 e. The molecule has 19 heavy (non-hydrogen) atoms. The molecule has 106 valence electrons. The van der Waals surface area contributed by atoms with Crippen LogP contribution in [0.5, 0.6) is 0 Å². The van der Waals surface area contributed by atoms with E-state index in [0.29, 0.717) is 10.5 Å². The van der Waals surface area contributed by atoms with Crippen LogP contribution in [0.15, 0.2) is 4.52 Å². The predicted octanol–water partition coefficient (Wildman–Crippen LogP) is 2.52. The Kier molecular flexibility index (Phi) is 4.71. The van der Waals surface area contributed by atoms with Crippen molar-refractivity contribution < 1.29 is 4.52 Å². The van der Waals surface area contributed by atoms with Gasteiger partial charge in [0.1, 0.15) is 0 Å². The van der Waals surface area contributed by atoms with Gasteiger partial charge < -0.3 is 9.84 Å². The Balaban J connectivity index is 1.56. The maximum Gasteiger partial charge on any atom is 0.226 e. The topological polar surface area (TPSA) is 51.0 Å². The van der Waals surface area contributed by atoms with E-state index < -0.39 is 0 Å². The summed E-state index contributed by atoms with van der Waals surface area (Å²) in [6.45, 7) is 4.57. The fourth-order valence-corrected chi connectivity index (χ4v) is 5.37. The van der Waals surface area contributed by atoms with Crippen LogP contribution >= 0.6 is 23.5 Å². The van der Waals surface area contributed by atoms with E-state index in [1.54, 1.807) is 0 Å². The molecular weight excluding hydrogens is 278 g/mol. The third-order valence-corrected chi connectivity index (χ3v) is 6.94. The van der Waals surface area contributed by atoms with Crippen molar-refractivity contribution in [2.45, 2.75) is 36.7 Å². The third-order valence-electron chi connectivity index (χ3n) is 3.85. The molecule has 3 unspecified atom stereocenters. The molecule has 3 heterocycles. The van der Waals surface area contributed by atoms with Crippen molar-refractivity contribution in [2.75, 3.05) is 24.6 Å². The monoisotopic (exact) mass is 299 g/mol. The summed E-state index contributed by atoms with van der Waals surface area (Å²) in [5.41, 5.74) is 0. The molecule has 2 aliphatic heterocycles. The molecule has 0 aromatic carbocycles. The van der Waals surface area contributed by atoms with Crippen LogP contribution in [0.1, 0.15) is 36.7 Å². The van der Waals surface area contributed by atoms with Crippen LogP contribution in [0.3, 0.4) is 0 Å². The second-order valence-electron chi connectivity index (χ2n) is 5.31. The highest BCUT2D eigenvalue weighted by molar-refractivity contribution is 8.06. The van der Waals surface area contributed by atoms with E-state index >= 15 is 0 Å². The van der Waals surface area contributed by atoms with E-state index in [4.69, 9.17) is 4.52 Å². The van der Waals surface area contributed by atoms with Gasteiger partial charge in [-0.25, -0.2) is 0 Å². The molecule has 1 N–H and O–H groups in total. The Morgan fingerprint density at radius 3 is 3.05 bits per heavy atom. The van der Waals surface area contributed by atoms with Crippen molar-refractivity contribution in [3.8, 4) is 0 Å². The lowest BCUT2D eigenvalue weighted by Crippen LogP contribution is -2.16. The summed E-state index contributed by atoms with van der Waals surface area (Å²) in [4.78, 5) is 4.61. The first-order valence-corrected chi connectivity index (χ1v) is 9.19. The van der Waals surface area contributed by atoms with Crippen molar-refractivity contribution in [3.05, 3.63) is 11.7 Å². The minimum Gasteiger partial charge on any atom is -0.339 e. The van der Waals surface area contributed by atoms with Gasteiger partial charge in [-0.3, -0.25) is 0 Å². The number of aryl methyl sites for hydroxylation is 1. The summed E-state index contributed by atoms with van der Waals surface area (Å²) in [6, 6.07) is 0. The number of rotatable bonds is 4. The molecule has 2 aliphatic rings. The van der Waals surface area contributed by atoms with Crippen molar-refractivity contribution in [1.29, 1.82) is 0 Å². The zero-order valence-electron chi connectivity index (χ0n) is 11.3. The van der Waals surface area contributed by atoms with E-state index in [0.717, 1.165) is 43.6 Å². The Labute approximate surface area is 122 Å². The maximum absolute atomic E-state index is 5.42. The third kappa shape index (κ3) is 3.47. The first-order valence-electron chi connectivity index (χ1n) is 7.09. The average molecular weight is 299 g/mol. The molecule has 0 aliphatic carbocycles. The predicted molar refractivity (Wildman–Crippen MR) is 80.7 cm³/mol. The quantitative estimate of drug-likeness (QED) is 0.922. The first-order chi connectivity index (χ1) is 9.33. The number of aromatic nitrogens is 2. The SMILES string of the molecule is CC1SCCSC1c1noc(CCC2CCNC2)n1. The fraction of sp³-hybridized carbons (Fsp3) is 0.846. The van der Waals surface area contributed by atoms with Crippen molar-refractivity contribution in [1.82, 2.24) is 15.5 Å². The van der Waals surface area contributed by atoms with Gasteiger partial charge in [0, 0.05) is 23.2 Å². The van der Waals surface area contributed by atoms with Crippen LogP contribution in [-0.2, 0) is 6.42 Å². The second-order valence-corrected chi connectivity index (χ2v) is 8.05. The molecular formula is C13H21N3OS2. The van der Waals surface area contributed by atoms with Crippen LogP contribution in [0.2, 0.25) is 0 Å². The summed E-state index contributed by atoms with van der Waals surface area (Å²) < 4.78 is 5.42. The lowest BCUT2D eigenvalue weighted by atomic mass is 10.0. The summed E-state index contributed by atoms with van der Waals surface area (Å²) in [5, 5.41) is 8.59. The smallest absolute Gasteiger partial charge is 0.226 e. The molecule has 6 heteroatoms. The molecule has 2 fully saturated rings. The Hall–Kier alpha value is -0.200. The minimum absolute atomic E-state index is 0.407. The number of nitrogens with zero attached hydrogens (tertiary/aromatic N) is 2. The van der Waals surface area contributed by atoms with E-state index in [9.17, 15) is 0 Å². The van der Waals surface area contributed by atoms with Gasteiger partial charge in [0.2, 0.25) is 5.89 Å². The standard InChI is InChI=1S/C13H21N3OS2/c1-9-12(19-7-6-18-9)13-15-11(17-16-13)3-2-10-4-5-14-8-10/h9-10,12,14H,2-8H2,1H3. The van der Waals surface area contributed by atoms with Crippen LogP contribution in [0.4, 0.5) is 0 Å². The molecule has 0 amide bonds. The van der Waals surface area contributed by atoms with E-state index in [1.165, 1.54) is 17.9 Å². The molecule has 0 bridgehead atoms. The van der Waals surface area contributed by atoms with Gasteiger partial charge in [-0.2, -0.15) is 16.7 Å². The van der Waals surface area contributed by atoms with E-state index in [-0.39, 0.29) is 0 Å². The van der Waals surface area contributed by atoms with Crippen LogP contribution < -0.4 is 5.32 Å². The highest BCUT2D eigenvalue weighted by atomic mass is 32.2. The van der Waals surface area contributed by atoms with Gasteiger partial charge in [0.05, 0.1) is 5.25 Å². The molecule has 3 atom stereocenters. The van der Waals surface area contributed by atoms with Gasteiger partial charge >= 0.3 is 0 Å². The molecule has 1 aromatic rings. The van der Waals surface area contributed by atoms with Crippen molar-refractivity contribution in [3.63, 3.8) is 0 Å². The molecule has 4 nitrogen and oxygen atoms in total. The summed E-state index contributed by atoms with van der Waals surface area (Å²) in [6.07, 6.45) is 3.38. The van der Waals surface area contributed by atoms with E-state index in [1.807, 2.05) is 23.5 Å². The summed E-state index contributed by atoms with van der Waals surface area (Å²) in [7, 11) is 0. The van der Waals surface area contributed by atoms with Gasteiger partial charge in [-0.1, -0.05) is 12.1 Å². The lowest BCUT2D eigenvalue weighted by Gasteiger charge is -2.24. The van der Waals surface area contributed by atoms with Crippen molar-refractivity contribution in [2.24, 2.45) is 5.92 Å². The van der Waals surface area contributed by atoms with Crippen LogP contribution in [0, 0.1) is 5.92 Å². The zero-order chi connectivity index (χ0) is 13.1.